The van der Waals surface area contributed by atoms with Gasteiger partial charge >= 0.3 is 0 Å². The number of benzene rings is 1. The molecule has 1 fully saturated rings. The minimum Gasteiger partial charge on any atom is -0.507 e. The largest absolute Gasteiger partial charge is 0.507 e. The number of aromatic hydroxyl groups is 1. The molecule has 2 rings (SSSR count). The zero-order valence-corrected chi connectivity index (χ0v) is 9.78. The summed E-state index contributed by atoms with van der Waals surface area (Å²) in [7, 11) is 0. The molecule has 0 spiro atoms. The number of nitrogen functional groups attached to an aromatic ring is 1. The number of hydrogen-bond acceptors (Lipinski definition) is 3. The van der Waals surface area contributed by atoms with Crippen molar-refractivity contribution >= 4 is 11.6 Å². The van der Waals surface area contributed by atoms with E-state index in [2.05, 4.69) is 5.32 Å². The summed E-state index contributed by atoms with van der Waals surface area (Å²) in [5.41, 5.74) is 6.27. The summed E-state index contributed by atoms with van der Waals surface area (Å²) in [5.74, 6) is -0.271. The second-order valence-electron chi connectivity index (χ2n) is 4.58. The van der Waals surface area contributed by atoms with Crippen LogP contribution in [0.15, 0.2) is 18.2 Å². The van der Waals surface area contributed by atoms with E-state index in [0.717, 1.165) is 12.8 Å². The van der Waals surface area contributed by atoms with Crippen LogP contribution in [-0.2, 0) is 0 Å². The van der Waals surface area contributed by atoms with Crippen LogP contribution in [0.25, 0.3) is 0 Å². The van der Waals surface area contributed by atoms with E-state index in [1.54, 1.807) is 12.1 Å². The number of nitrogens with two attached hydrogens (primary N) is 1. The molecule has 1 aromatic carbocycles. The lowest BCUT2D eigenvalue weighted by Gasteiger charge is -2.22. The van der Waals surface area contributed by atoms with Gasteiger partial charge in [-0.1, -0.05) is 19.3 Å². The van der Waals surface area contributed by atoms with Crippen LogP contribution in [-0.4, -0.2) is 17.1 Å². The molecule has 4 N–H and O–H groups in total. The van der Waals surface area contributed by atoms with Gasteiger partial charge in [0.25, 0.3) is 5.91 Å². The number of carbonyl (C=O) groups is 1. The second-order valence-corrected chi connectivity index (χ2v) is 4.58. The molecule has 1 aromatic rings. The van der Waals surface area contributed by atoms with Gasteiger partial charge in [-0.2, -0.15) is 0 Å². The maximum Gasteiger partial charge on any atom is 0.255 e. The van der Waals surface area contributed by atoms with Crippen molar-refractivity contribution in [3.63, 3.8) is 0 Å². The second kappa shape index (κ2) is 5.08. The fourth-order valence-electron chi connectivity index (χ4n) is 2.25. The molecule has 1 amide bonds. The molecule has 0 aromatic heterocycles. The molecule has 17 heavy (non-hydrogen) atoms. The Bertz CT molecular complexity index is 412. The first-order valence-electron chi connectivity index (χ1n) is 6.06. The van der Waals surface area contributed by atoms with E-state index in [-0.39, 0.29) is 17.7 Å². The highest BCUT2D eigenvalue weighted by Crippen LogP contribution is 2.22. The fraction of sp³-hybridized carbons (Fsp3) is 0.462. The first-order valence-corrected chi connectivity index (χ1v) is 6.06. The van der Waals surface area contributed by atoms with Gasteiger partial charge < -0.3 is 16.2 Å². The van der Waals surface area contributed by atoms with Crippen LogP contribution in [0.5, 0.6) is 5.75 Å². The van der Waals surface area contributed by atoms with E-state index in [1.807, 2.05) is 0 Å². The average molecular weight is 234 g/mol. The van der Waals surface area contributed by atoms with Gasteiger partial charge in [-0.3, -0.25) is 4.79 Å². The van der Waals surface area contributed by atoms with Crippen LogP contribution >= 0.6 is 0 Å². The van der Waals surface area contributed by atoms with Gasteiger partial charge in [-0.25, -0.2) is 0 Å². The summed E-state index contributed by atoms with van der Waals surface area (Å²) >= 11 is 0. The molecule has 4 nitrogen and oxygen atoms in total. The third-order valence-electron chi connectivity index (χ3n) is 3.21. The lowest BCUT2D eigenvalue weighted by atomic mass is 9.95. The van der Waals surface area contributed by atoms with Crippen molar-refractivity contribution in [3.05, 3.63) is 23.8 Å². The number of nitrogens with one attached hydrogen (secondary N) is 1. The molecule has 92 valence electrons. The minimum absolute atomic E-state index is 0.0571. The molecular weight excluding hydrogens is 216 g/mol. The third kappa shape index (κ3) is 2.90. The summed E-state index contributed by atoms with van der Waals surface area (Å²) in [6.07, 6.45) is 5.64. The standard InChI is InChI=1S/C13H18N2O2/c14-9-6-7-11(12(16)8-9)13(17)15-10-4-2-1-3-5-10/h6-8,10,16H,1-5,14H2,(H,15,17). The van der Waals surface area contributed by atoms with E-state index in [4.69, 9.17) is 5.73 Å². The van der Waals surface area contributed by atoms with E-state index in [9.17, 15) is 9.90 Å². The molecule has 1 saturated carbocycles. The number of phenolic OH excluding ortho intramolecular Hbond substituents is 1. The van der Waals surface area contributed by atoms with Crippen LogP contribution in [0.3, 0.4) is 0 Å². The summed E-state index contributed by atoms with van der Waals surface area (Å²) in [4.78, 5) is 11.9. The van der Waals surface area contributed by atoms with Gasteiger partial charge in [0.2, 0.25) is 0 Å². The van der Waals surface area contributed by atoms with Gasteiger partial charge in [0.1, 0.15) is 5.75 Å². The molecular formula is C13H18N2O2. The van der Waals surface area contributed by atoms with E-state index in [1.165, 1.54) is 25.3 Å². The summed E-state index contributed by atoms with van der Waals surface area (Å²) in [6, 6.07) is 4.82. The number of rotatable bonds is 2. The monoisotopic (exact) mass is 234 g/mol. The number of hydrogen-bond donors (Lipinski definition) is 3. The average Bonchev–Trinajstić information content (AvgIpc) is 2.30. The van der Waals surface area contributed by atoms with Crippen LogP contribution in [0.1, 0.15) is 42.5 Å². The quantitative estimate of drug-likeness (QED) is 0.685. The topological polar surface area (TPSA) is 75.4 Å². The van der Waals surface area contributed by atoms with E-state index >= 15 is 0 Å². The fourth-order valence-corrected chi connectivity index (χ4v) is 2.25. The third-order valence-corrected chi connectivity index (χ3v) is 3.21. The number of anilines is 1. The van der Waals surface area contributed by atoms with Crippen molar-refractivity contribution in [1.29, 1.82) is 0 Å². The van der Waals surface area contributed by atoms with Crippen molar-refractivity contribution in [2.24, 2.45) is 0 Å². The lowest BCUT2D eigenvalue weighted by molar-refractivity contribution is 0.0925. The smallest absolute Gasteiger partial charge is 0.255 e. The minimum atomic E-state index is -0.214. The Hall–Kier alpha value is -1.71. The van der Waals surface area contributed by atoms with Crippen molar-refractivity contribution < 1.29 is 9.90 Å². The maximum atomic E-state index is 11.9. The zero-order chi connectivity index (χ0) is 12.3. The van der Waals surface area contributed by atoms with E-state index in [0.29, 0.717) is 11.3 Å². The van der Waals surface area contributed by atoms with Crippen LogP contribution in [0.2, 0.25) is 0 Å². The normalized spacial score (nSPS) is 16.7. The Balaban J connectivity index is 2.03. The number of phenols is 1. The Labute approximate surface area is 101 Å². The van der Waals surface area contributed by atoms with Gasteiger partial charge in [-0.15, -0.1) is 0 Å². The molecule has 0 saturated heterocycles. The van der Waals surface area contributed by atoms with Gasteiger partial charge in [0, 0.05) is 17.8 Å². The number of carbonyl (C=O) groups excluding carboxylic acids is 1. The van der Waals surface area contributed by atoms with E-state index < -0.39 is 0 Å². The van der Waals surface area contributed by atoms with Crippen molar-refractivity contribution in [3.8, 4) is 5.75 Å². The predicted octanol–water partition coefficient (Wildman–Crippen LogP) is 2.04. The van der Waals surface area contributed by atoms with Gasteiger partial charge in [-0.05, 0) is 25.0 Å². The lowest BCUT2D eigenvalue weighted by Crippen LogP contribution is -2.36. The summed E-state index contributed by atoms with van der Waals surface area (Å²) in [6.45, 7) is 0. The Morgan fingerprint density at radius 3 is 2.65 bits per heavy atom. The van der Waals surface area contributed by atoms with Gasteiger partial charge in [0.15, 0.2) is 0 Å². The SMILES string of the molecule is Nc1ccc(C(=O)NC2CCCCC2)c(O)c1. The van der Waals surface area contributed by atoms with Crippen molar-refractivity contribution in [2.45, 2.75) is 38.1 Å². The van der Waals surface area contributed by atoms with Crippen LogP contribution in [0.4, 0.5) is 5.69 Å². The summed E-state index contributed by atoms with van der Waals surface area (Å²) < 4.78 is 0. The zero-order valence-electron chi connectivity index (χ0n) is 9.78. The molecule has 0 atom stereocenters. The van der Waals surface area contributed by atoms with Gasteiger partial charge in [0.05, 0.1) is 5.56 Å². The van der Waals surface area contributed by atoms with Crippen LogP contribution < -0.4 is 11.1 Å². The molecule has 4 heteroatoms. The Morgan fingerprint density at radius 1 is 1.29 bits per heavy atom. The highest BCUT2D eigenvalue weighted by Gasteiger charge is 2.18. The van der Waals surface area contributed by atoms with Crippen molar-refractivity contribution in [2.75, 3.05) is 5.73 Å². The van der Waals surface area contributed by atoms with Crippen molar-refractivity contribution in [1.82, 2.24) is 5.32 Å². The summed E-state index contributed by atoms with van der Waals surface area (Å²) in [5, 5.41) is 12.6. The molecule has 0 aliphatic heterocycles. The first kappa shape index (κ1) is 11.8. The maximum absolute atomic E-state index is 11.9. The van der Waals surface area contributed by atoms with Crippen LogP contribution in [0, 0.1) is 0 Å². The number of amides is 1. The Kier molecular flexibility index (Phi) is 3.52. The molecule has 1 aliphatic rings. The first-order chi connectivity index (χ1) is 8.16. The molecule has 1 aliphatic carbocycles. The molecule has 0 bridgehead atoms. The predicted molar refractivity (Wildman–Crippen MR) is 66.9 cm³/mol. The Morgan fingerprint density at radius 2 is 2.00 bits per heavy atom. The molecule has 0 unspecified atom stereocenters. The molecule has 0 heterocycles. The highest BCUT2D eigenvalue weighted by molar-refractivity contribution is 5.97. The highest BCUT2D eigenvalue weighted by atomic mass is 16.3. The molecule has 0 radical (unpaired) electrons.